The second-order valence-electron chi connectivity index (χ2n) is 6.66. The summed E-state index contributed by atoms with van der Waals surface area (Å²) < 4.78 is 16.7. The lowest BCUT2D eigenvalue weighted by molar-refractivity contribution is 0.0854. The third kappa shape index (κ3) is 4.07. The number of methoxy groups -OCH3 is 1. The molecule has 28 heavy (non-hydrogen) atoms. The third-order valence-electron chi connectivity index (χ3n) is 4.72. The summed E-state index contributed by atoms with van der Waals surface area (Å²) in [6.07, 6.45) is 2.07. The van der Waals surface area contributed by atoms with E-state index in [1.807, 2.05) is 54.6 Å². The minimum Gasteiger partial charge on any atom is -0.497 e. The molecule has 2 heterocycles. The molecule has 144 valence electrons. The highest BCUT2D eigenvalue weighted by molar-refractivity contribution is 5.96. The number of carbonyl (C=O) groups is 1. The Morgan fingerprint density at radius 1 is 1.21 bits per heavy atom. The second-order valence-corrected chi connectivity index (χ2v) is 6.66. The molecule has 0 spiro atoms. The third-order valence-corrected chi connectivity index (χ3v) is 4.72. The average Bonchev–Trinajstić information content (AvgIpc) is 3.26. The van der Waals surface area contributed by atoms with Crippen LogP contribution < -0.4 is 15.6 Å². The molecule has 2 aromatic carbocycles. The molecule has 6 heteroatoms. The molecule has 1 amide bonds. The number of para-hydroxylation sites is 1. The quantitative estimate of drug-likeness (QED) is 0.736. The summed E-state index contributed by atoms with van der Waals surface area (Å²) >= 11 is 0. The maximum atomic E-state index is 12.8. The first kappa shape index (κ1) is 18.3. The number of hydrogen-bond donors (Lipinski definition) is 1. The van der Waals surface area contributed by atoms with Crippen LogP contribution in [0.15, 0.2) is 64.0 Å². The molecule has 0 radical (unpaired) electrons. The summed E-state index contributed by atoms with van der Waals surface area (Å²) in [5.74, 6) is 0.515. The zero-order valence-electron chi connectivity index (χ0n) is 15.7. The topological polar surface area (TPSA) is 73.1 Å². The van der Waals surface area contributed by atoms with E-state index in [2.05, 4.69) is 10.3 Å². The molecule has 1 aliphatic rings. The molecule has 3 aromatic rings. The molecule has 6 nitrogen and oxygen atoms in total. The first-order valence-electron chi connectivity index (χ1n) is 9.34. The Morgan fingerprint density at radius 2 is 2.04 bits per heavy atom. The van der Waals surface area contributed by atoms with Gasteiger partial charge >= 0.3 is 0 Å². The van der Waals surface area contributed by atoms with Crippen molar-refractivity contribution >= 4 is 22.6 Å². The molecule has 4 rings (SSSR count). The fraction of sp³-hybridized carbons (Fsp3) is 0.273. The summed E-state index contributed by atoms with van der Waals surface area (Å²) in [5, 5.41) is 3.79. The predicted molar refractivity (Wildman–Crippen MR) is 106 cm³/mol. The normalized spacial score (nSPS) is 17.0. The Labute approximate surface area is 162 Å². The number of benzene rings is 2. The van der Waals surface area contributed by atoms with E-state index in [0.717, 1.165) is 30.6 Å². The number of nitrogens with one attached hydrogen (secondary N) is 1. The van der Waals surface area contributed by atoms with Crippen molar-refractivity contribution in [3.8, 4) is 5.75 Å². The van der Waals surface area contributed by atoms with Crippen LogP contribution >= 0.6 is 0 Å². The second kappa shape index (κ2) is 8.27. The number of nitrogens with zero attached hydrogens (tertiary/aromatic N) is 1. The van der Waals surface area contributed by atoms with E-state index < -0.39 is 0 Å². The number of carbonyl (C=O) groups excluding carboxylic acids is 1. The first-order valence-corrected chi connectivity index (χ1v) is 9.34. The smallest absolute Gasteiger partial charge is 0.256 e. The summed E-state index contributed by atoms with van der Waals surface area (Å²) in [5.41, 5.74) is 2.01. The van der Waals surface area contributed by atoms with Gasteiger partial charge in [-0.15, -0.1) is 0 Å². The molecule has 0 saturated carbocycles. The fourth-order valence-electron chi connectivity index (χ4n) is 3.20. The van der Waals surface area contributed by atoms with Gasteiger partial charge < -0.3 is 19.2 Å². The van der Waals surface area contributed by atoms with Crippen LogP contribution in [0, 0.1) is 0 Å². The molecule has 0 aliphatic carbocycles. The van der Waals surface area contributed by atoms with Gasteiger partial charge in [-0.1, -0.05) is 18.2 Å². The van der Waals surface area contributed by atoms with Crippen molar-refractivity contribution in [3.05, 3.63) is 65.7 Å². The van der Waals surface area contributed by atoms with Crippen molar-refractivity contribution < 1.29 is 18.7 Å². The summed E-state index contributed by atoms with van der Waals surface area (Å²) in [7, 11) is 1.61. The average molecular weight is 378 g/mol. The first-order chi connectivity index (χ1) is 13.7. The predicted octanol–water partition coefficient (Wildman–Crippen LogP) is 3.58. The molecule has 1 atom stereocenters. The maximum absolute atomic E-state index is 12.8. The van der Waals surface area contributed by atoms with Gasteiger partial charge in [-0.25, -0.2) is 4.99 Å². The van der Waals surface area contributed by atoms with Gasteiger partial charge in [-0.05, 0) is 49.2 Å². The largest absolute Gasteiger partial charge is 0.497 e. The van der Waals surface area contributed by atoms with Gasteiger partial charge in [0.25, 0.3) is 5.91 Å². The van der Waals surface area contributed by atoms with Gasteiger partial charge in [0, 0.05) is 18.5 Å². The lowest BCUT2D eigenvalue weighted by Crippen LogP contribution is -2.34. The van der Waals surface area contributed by atoms with Crippen molar-refractivity contribution in [2.24, 2.45) is 4.99 Å². The number of rotatable bonds is 5. The van der Waals surface area contributed by atoms with Crippen molar-refractivity contribution in [2.75, 3.05) is 20.3 Å². The Balaban J connectivity index is 1.70. The summed E-state index contributed by atoms with van der Waals surface area (Å²) in [4.78, 5) is 17.4. The van der Waals surface area contributed by atoms with E-state index >= 15 is 0 Å². The zero-order valence-corrected chi connectivity index (χ0v) is 15.7. The van der Waals surface area contributed by atoms with Crippen LogP contribution in [0.1, 0.15) is 23.2 Å². The van der Waals surface area contributed by atoms with E-state index in [0.29, 0.717) is 23.4 Å². The minimum atomic E-state index is -0.225. The molecular weight excluding hydrogens is 356 g/mol. The van der Waals surface area contributed by atoms with Gasteiger partial charge in [0.05, 0.1) is 18.9 Å². The van der Waals surface area contributed by atoms with Gasteiger partial charge in [0.15, 0.2) is 0 Å². The summed E-state index contributed by atoms with van der Waals surface area (Å²) in [6, 6.07) is 16.6. The van der Waals surface area contributed by atoms with Crippen LogP contribution in [0.2, 0.25) is 0 Å². The molecule has 1 aliphatic heterocycles. The number of hydrogen-bond acceptors (Lipinski definition) is 5. The highest BCUT2D eigenvalue weighted by atomic mass is 16.5. The molecule has 0 bridgehead atoms. The Morgan fingerprint density at radius 3 is 2.79 bits per heavy atom. The Kier molecular flexibility index (Phi) is 5.39. The van der Waals surface area contributed by atoms with E-state index in [1.165, 1.54) is 0 Å². The van der Waals surface area contributed by atoms with Crippen LogP contribution in [0.5, 0.6) is 5.75 Å². The molecule has 1 N–H and O–H groups in total. The fourth-order valence-corrected chi connectivity index (χ4v) is 3.20. The minimum absolute atomic E-state index is 0.0725. The molecular formula is C22H22N2O4. The van der Waals surface area contributed by atoms with Crippen LogP contribution in [0.3, 0.4) is 0 Å². The monoisotopic (exact) mass is 378 g/mol. The SMILES string of the molecule is COc1ccc(/N=c2\oc3ccccc3cc2C(=O)NCC2CCCO2)cc1. The van der Waals surface area contributed by atoms with Gasteiger partial charge in [0.2, 0.25) is 5.55 Å². The highest BCUT2D eigenvalue weighted by Crippen LogP contribution is 2.18. The summed E-state index contributed by atoms with van der Waals surface area (Å²) in [6.45, 7) is 1.23. The van der Waals surface area contributed by atoms with Crippen LogP contribution in [-0.2, 0) is 4.74 Å². The van der Waals surface area contributed by atoms with E-state index in [9.17, 15) is 4.79 Å². The van der Waals surface area contributed by atoms with E-state index in [4.69, 9.17) is 13.9 Å². The molecule has 1 saturated heterocycles. The van der Waals surface area contributed by atoms with E-state index in [-0.39, 0.29) is 17.6 Å². The number of ether oxygens (including phenoxy) is 2. The van der Waals surface area contributed by atoms with Gasteiger partial charge in [-0.2, -0.15) is 0 Å². The number of fused-ring (bicyclic) bond motifs is 1. The molecule has 1 fully saturated rings. The Bertz CT molecular complexity index is 1030. The van der Waals surface area contributed by atoms with Crippen LogP contribution in [-0.4, -0.2) is 32.3 Å². The lowest BCUT2D eigenvalue weighted by Gasteiger charge is -2.11. The van der Waals surface area contributed by atoms with E-state index in [1.54, 1.807) is 7.11 Å². The van der Waals surface area contributed by atoms with Crippen molar-refractivity contribution in [1.29, 1.82) is 0 Å². The number of amides is 1. The van der Waals surface area contributed by atoms with Crippen molar-refractivity contribution in [1.82, 2.24) is 5.32 Å². The highest BCUT2D eigenvalue weighted by Gasteiger charge is 2.18. The van der Waals surface area contributed by atoms with Crippen molar-refractivity contribution in [3.63, 3.8) is 0 Å². The van der Waals surface area contributed by atoms with Crippen LogP contribution in [0.4, 0.5) is 5.69 Å². The standard InChI is InChI=1S/C22H22N2O4/c1-26-17-10-8-16(9-11-17)24-22-19(13-15-5-2-3-7-20(15)28-22)21(25)23-14-18-6-4-12-27-18/h2-3,5,7-11,13,18H,4,6,12,14H2,1H3,(H,23,25)/b24-22-. The van der Waals surface area contributed by atoms with Gasteiger partial charge in [-0.3, -0.25) is 4.79 Å². The maximum Gasteiger partial charge on any atom is 0.256 e. The van der Waals surface area contributed by atoms with Crippen molar-refractivity contribution in [2.45, 2.75) is 18.9 Å². The molecule has 1 aromatic heterocycles. The zero-order chi connectivity index (χ0) is 19.3. The molecule has 1 unspecified atom stereocenters. The lowest BCUT2D eigenvalue weighted by atomic mass is 10.1. The van der Waals surface area contributed by atoms with Gasteiger partial charge in [0.1, 0.15) is 16.9 Å². The van der Waals surface area contributed by atoms with Crippen LogP contribution in [0.25, 0.3) is 11.0 Å². The Hall–Kier alpha value is -3.12.